The van der Waals surface area contributed by atoms with E-state index in [0.717, 1.165) is 11.8 Å². The number of carbonyl (C=O) groups is 2. The third-order valence-corrected chi connectivity index (χ3v) is 3.73. The fourth-order valence-electron chi connectivity index (χ4n) is 1.03. The Morgan fingerprint density at radius 1 is 1.44 bits per heavy atom. The fraction of sp³-hybridized carbons (Fsp3) is 0.556. The first kappa shape index (κ1) is 14.7. The van der Waals surface area contributed by atoms with Crippen molar-refractivity contribution in [3.63, 3.8) is 0 Å². The van der Waals surface area contributed by atoms with Crippen molar-refractivity contribution in [1.82, 2.24) is 15.5 Å². The van der Waals surface area contributed by atoms with Crippen molar-refractivity contribution >= 4 is 40.1 Å². The number of anilines is 1. The zero-order valence-electron chi connectivity index (χ0n) is 9.80. The number of amides is 1. The van der Waals surface area contributed by atoms with Gasteiger partial charge in [-0.05, 0) is 6.92 Å². The Labute approximate surface area is 112 Å². The summed E-state index contributed by atoms with van der Waals surface area (Å²) in [5.74, 6) is -0.941. The van der Waals surface area contributed by atoms with Crippen LogP contribution in [0.1, 0.15) is 13.3 Å². The van der Waals surface area contributed by atoms with Gasteiger partial charge in [-0.15, -0.1) is 10.2 Å². The molecule has 0 aliphatic rings. The van der Waals surface area contributed by atoms with E-state index in [-0.39, 0.29) is 11.7 Å². The number of nitrogens with zero attached hydrogens (tertiary/aromatic N) is 2. The van der Waals surface area contributed by atoms with Crippen LogP contribution in [-0.4, -0.2) is 46.0 Å². The molecule has 0 aliphatic carbocycles. The predicted molar refractivity (Wildman–Crippen MR) is 70.1 cm³/mol. The summed E-state index contributed by atoms with van der Waals surface area (Å²) in [7, 11) is 0. The minimum absolute atomic E-state index is 0.0185. The van der Waals surface area contributed by atoms with Gasteiger partial charge in [-0.2, -0.15) is 0 Å². The molecule has 0 unspecified atom stereocenters. The van der Waals surface area contributed by atoms with Crippen molar-refractivity contribution in [2.24, 2.45) is 0 Å². The molecule has 0 fully saturated rings. The molecule has 1 amide bonds. The van der Waals surface area contributed by atoms with E-state index in [1.54, 1.807) is 0 Å². The first-order chi connectivity index (χ1) is 8.61. The van der Waals surface area contributed by atoms with Crippen molar-refractivity contribution < 1.29 is 14.7 Å². The minimum atomic E-state index is -0.888. The minimum Gasteiger partial charge on any atom is -0.481 e. The Hall–Kier alpha value is -1.35. The molecular formula is C9H14N4O3S2. The summed E-state index contributed by atoms with van der Waals surface area (Å²) in [5, 5.41) is 22.4. The van der Waals surface area contributed by atoms with Crippen LogP contribution < -0.4 is 10.6 Å². The lowest BCUT2D eigenvalue weighted by Gasteiger charge is -2.02. The molecule has 0 aliphatic heterocycles. The monoisotopic (exact) mass is 290 g/mol. The van der Waals surface area contributed by atoms with Gasteiger partial charge >= 0.3 is 5.97 Å². The molecule has 0 aromatic carbocycles. The Morgan fingerprint density at radius 3 is 2.89 bits per heavy atom. The average molecular weight is 290 g/mol. The van der Waals surface area contributed by atoms with Crippen LogP contribution >= 0.6 is 23.1 Å². The van der Waals surface area contributed by atoms with Crippen LogP contribution in [0.25, 0.3) is 0 Å². The zero-order chi connectivity index (χ0) is 13.4. The van der Waals surface area contributed by atoms with E-state index in [4.69, 9.17) is 5.11 Å². The maximum Gasteiger partial charge on any atom is 0.313 e. The van der Waals surface area contributed by atoms with E-state index >= 15 is 0 Å². The summed E-state index contributed by atoms with van der Waals surface area (Å²) < 4.78 is 0.595. The Morgan fingerprint density at radius 2 is 2.22 bits per heavy atom. The number of carboxylic acid groups (broad SMARTS) is 1. The van der Waals surface area contributed by atoms with Gasteiger partial charge < -0.3 is 15.7 Å². The highest BCUT2D eigenvalue weighted by Gasteiger charge is 2.07. The van der Waals surface area contributed by atoms with Gasteiger partial charge in [-0.3, -0.25) is 9.59 Å². The topological polar surface area (TPSA) is 104 Å². The van der Waals surface area contributed by atoms with Gasteiger partial charge in [0.15, 0.2) is 4.34 Å². The molecule has 3 N–H and O–H groups in total. The maximum absolute atomic E-state index is 11.2. The van der Waals surface area contributed by atoms with E-state index in [2.05, 4.69) is 20.8 Å². The number of hydrogen-bond acceptors (Lipinski definition) is 7. The number of hydrogen-bond donors (Lipinski definition) is 3. The number of thioether (sulfide) groups is 1. The van der Waals surface area contributed by atoms with Gasteiger partial charge in [0.25, 0.3) is 0 Å². The van der Waals surface area contributed by atoms with E-state index < -0.39 is 5.97 Å². The quantitative estimate of drug-likeness (QED) is 0.604. The maximum atomic E-state index is 11.2. The summed E-state index contributed by atoms with van der Waals surface area (Å²) in [6, 6.07) is 0. The number of aliphatic carboxylic acids is 1. The molecule has 0 radical (unpaired) electrons. The molecule has 0 saturated heterocycles. The van der Waals surface area contributed by atoms with Crippen LogP contribution in [0.3, 0.4) is 0 Å². The lowest BCUT2D eigenvalue weighted by molar-refractivity contribution is -0.134. The van der Waals surface area contributed by atoms with Crippen LogP contribution in [0.5, 0.6) is 0 Å². The fourth-order valence-corrected chi connectivity index (χ4v) is 2.53. The second-order valence-electron chi connectivity index (χ2n) is 3.19. The largest absolute Gasteiger partial charge is 0.481 e. The van der Waals surface area contributed by atoms with Crippen LogP contribution in [-0.2, 0) is 9.59 Å². The summed E-state index contributed by atoms with van der Waals surface area (Å²) in [6.45, 7) is 2.96. The molecule has 1 aromatic heterocycles. The average Bonchev–Trinajstić information content (AvgIpc) is 2.75. The highest BCUT2D eigenvalue weighted by atomic mass is 32.2. The molecule has 0 spiro atoms. The van der Waals surface area contributed by atoms with Gasteiger partial charge in [0, 0.05) is 19.5 Å². The number of rotatable bonds is 8. The smallest absolute Gasteiger partial charge is 0.313 e. The van der Waals surface area contributed by atoms with Crippen LogP contribution in [0.15, 0.2) is 4.34 Å². The highest BCUT2D eigenvalue weighted by Crippen LogP contribution is 2.24. The predicted octanol–water partition coefficient (Wildman–Crippen LogP) is 0.653. The van der Waals surface area contributed by atoms with Crippen LogP contribution in [0.2, 0.25) is 0 Å². The van der Waals surface area contributed by atoms with Crippen molar-refractivity contribution in [1.29, 1.82) is 0 Å². The lowest BCUT2D eigenvalue weighted by atomic mass is 10.4. The standard InChI is InChI=1S/C9H14N4O3S2/c1-2-10-6(14)3-4-11-8-12-13-9(18-8)17-5-7(15)16/h2-5H2,1H3,(H,10,14)(H,11,12)(H,15,16). The molecule has 100 valence electrons. The molecule has 18 heavy (non-hydrogen) atoms. The molecule has 0 atom stereocenters. The van der Waals surface area contributed by atoms with E-state index in [1.165, 1.54) is 11.3 Å². The first-order valence-electron chi connectivity index (χ1n) is 5.30. The summed E-state index contributed by atoms with van der Waals surface area (Å²) in [5.41, 5.74) is 0. The molecular weight excluding hydrogens is 276 g/mol. The van der Waals surface area contributed by atoms with Crippen molar-refractivity contribution in [3.05, 3.63) is 0 Å². The van der Waals surface area contributed by atoms with Crippen molar-refractivity contribution in [2.45, 2.75) is 17.7 Å². The second kappa shape index (κ2) is 7.88. The van der Waals surface area contributed by atoms with Gasteiger partial charge in [-0.25, -0.2) is 0 Å². The first-order valence-corrected chi connectivity index (χ1v) is 7.10. The molecule has 1 heterocycles. The number of nitrogens with one attached hydrogen (secondary N) is 2. The van der Waals surface area contributed by atoms with E-state index in [1.807, 2.05) is 6.92 Å². The second-order valence-corrected chi connectivity index (χ2v) is 5.39. The lowest BCUT2D eigenvalue weighted by Crippen LogP contribution is -2.24. The highest BCUT2D eigenvalue weighted by molar-refractivity contribution is 8.01. The zero-order valence-corrected chi connectivity index (χ0v) is 11.4. The summed E-state index contributed by atoms with van der Waals surface area (Å²) in [4.78, 5) is 21.5. The summed E-state index contributed by atoms with van der Waals surface area (Å²) in [6.07, 6.45) is 0.366. The van der Waals surface area contributed by atoms with Crippen LogP contribution in [0, 0.1) is 0 Å². The van der Waals surface area contributed by atoms with E-state index in [9.17, 15) is 9.59 Å². The number of carboxylic acids is 1. The third kappa shape index (κ3) is 5.82. The molecule has 7 nitrogen and oxygen atoms in total. The third-order valence-electron chi connectivity index (χ3n) is 1.73. The Bertz CT molecular complexity index is 410. The van der Waals surface area contributed by atoms with Crippen molar-refractivity contribution in [2.75, 3.05) is 24.2 Å². The van der Waals surface area contributed by atoms with Crippen LogP contribution in [0.4, 0.5) is 5.13 Å². The molecule has 1 rings (SSSR count). The molecule has 9 heteroatoms. The SMILES string of the molecule is CCNC(=O)CCNc1nnc(SCC(=O)O)s1. The molecule has 0 bridgehead atoms. The van der Waals surface area contributed by atoms with E-state index in [0.29, 0.717) is 29.0 Å². The summed E-state index contributed by atoms with van der Waals surface area (Å²) >= 11 is 2.40. The Kier molecular flexibility index (Phi) is 6.44. The number of carbonyl (C=O) groups excluding carboxylic acids is 1. The Balaban J connectivity index is 2.26. The van der Waals surface area contributed by atoms with Crippen molar-refractivity contribution in [3.8, 4) is 0 Å². The number of aromatic nitrogens is 2. The van der Waals surface area contributed by atoms with Gasteiger partial charge in [0.05, 0.1) is 5.75 Å². The van der Waals surface area contributed by atoms with Gasteiger partial charge in [0.2, 0.25) is 11.0 Å². The van der Waals surface area contributed by atoms with Gasteiger partial charge in [0.1, 0.15) is 0 Å². The molecule has 0 saturated carbocycles. The normalized spacial score (nSPS) is 10.1. The molecule has 1 aromatic rings. The van der Waals surface area contributed by atoms with Gasteiger partial charge in [-0.1, -0.05) is 23.1 Å².